The van der Waals surface area contributed by atoms with Gasteiger partial charge in [-0.15, -0.1) is 0 Å². The van der Waals surface area contributed by atoms with Gasteiger partial charge in [0.25, 0.3) is 0 Å². The van der Waals surface area contributed by atoms with Gasteiger partial charge >= 0.3 is 0 Å². The van der Waals surface area contributed by atoms with Gasteiger partial charge < -0.3 is 20.0 Å². The number of aliphatic imine (C=N–C) groups is 1. The molecule has 2 N–H and O–H groups in total. The molecule has 1 aromatic heterocycles. The van der Waals surface area contributed by atoms with E-state index in [2.05, 4.69) is 20.5 Å². The fraction of sp³-hybridized carbons (Fsp3) is 0.688. The lowest BCUT2D eigenvalue weighted by atomic mass is 9.84. The highest BCUT2D eigenvalue weighted by atomic mass is 16.3. The first-order valence-corrected chi connectivity index (χ1v) is 8.09. The number of guanidine groups is 1. The van der Waals surface area contributed by atoms with Crippen molar-refractivity contribution in [2.75, 3.05) is 20.1 Å². The zero-order valence-electron chi connectivity index (χ0n) is 12.8. The Morgan fingerprint density at radius 3 is 2.81 bits per heavy atom. The molecule has 0 spiro atoms. The highest BCUT2D eigenvalue weighted by Crippen LogP contribution is 2.28. The minimum Gasteiger partial charge on any atom is -0.467 e. The van der Waals surface area contributed by atoms with E-state index in [0.29, 0.717) is 12.6 Å². The molecule has 5 heteroatoms. The number of piperidine rings is 1. The van der Waals surface area contributed by atoms with Crippen LogP contribution in [0.25, 0.3) is 0 Å². The molecule has 0 atom stereocenters. The van der Waals surface area contributed by atoms with Crippen LogP contribution in [0, 0.1) is 0 Å². The molecule has 0 radical (unpaired) electrons. The number of hydrogen-bond acceptors (Lipinski definition) is 3. The van der Waals surface area contributed by atoms with E-state index in [9.17, 15) is 0 Å². The fourth-order valence-electron chi connectivity index (χ4n) is 3.26. The number of furan rings is 1. The maximum atomic E-state index is 5.32. The molecule has 1 aromatic rings. The van der Waals surface area contributed by atoms with Crippen LogP contribution in [-0.2, 0) is 6.54 Å². The predicted octanol–water partition coefficient (Wildman–Crippen LogP) is 1.96. The summed E-state index contributed by atoms with van der Waals surface area (Å²) < 4.78 is 5.32. The Hall–Kier alpha value is -1.49. The predicted molar refractivity (Wildman–Crippen MR) is 84.3 cm³/mol. The van der Waals surface area contributed by atoms with Crippen LogP contribution < -0.4 is 10.6 Å². The number of likely N-dealkylation sites (tertiary alicyclic amines) is 1. The first-order valence-electron chi connectivity index (χ1n) is 8.09. The highest BCUT2D eigenvalue weighted by Gasteiger charge is 2.34. The third-order valence-electron chi connectivity index (χ3n) is 4.59. The van der Waals surface area contributed by atoms with E-state index in [4.69, 9.17) is 4.42 Å². The van der Waals surface area contributed by atoms with Gasteiger partial charge in [-0.1, -0.05) is 6.42 Å². The number of nitrogens with one attached hydrogen (secondary N) is 2. The van der Waals surface area contributed by atoms with Gasteiger partial charge in [0.15, 0.2) is 5.96 Å². The van der Waals surface area contributed by atoms with Crippen molar-refractivity contribution in [3.8, 4) is 0 Å². The minimum atomic E-state index is 0.555. The van der Waals surface area contributed by atoms with Crippen molar-refractivity contribution >= 4 is 5.96 Å². The van der Waals surface area contributed by atoms with Gasteiger partial charge in [0, 0.05) is 19.1 Å². The van der Waals surface area contributed by atoms with Gasteiger partial charge in [-0.05, 0) is 50.9 Å². The summed E-state index contributed by atoms with van der Waals surface area (Å²) in [4.78, 5) is 6.95. The monoisotopic (exact) mass is 290 g/mol. The van der Waals surface area contributed by atoms with Crippen LogP contribution in [0.3, 0.4) is 0 Å². The second-order valence-electron chi connectivity index (χ2n) is 6.07. The molecule has 0 amide bonds. The van der Waals surface area contributed by atoms with Crippen molar-refractivity contribution < 1.29 is 4.42 Å². The lowest BCUT2D eigenvalue weighted by molar-refractivity contribution is 0.0844. The Kier molecular flexibility index (Phi) is 4.80. The van der Waals surface area contributed by atoms with Crippen molar-refractivity contribution in [2.45, 2.75) is 50.7 Å². The Bertz CT molecular complexity index is 445. The van der Waals surface area contributed by atoms with Crippen LogP contribution in [0.2, 0.25) is 0 Å². The SMILES string of the molecule is CN=C(NCc1ccco1)NC1CC(N2CCCCC2)C1. The van der Waals surface area contributed by atoms with E-state index in [-0.39, 0.29) is 0 Å². The Morgan fingerprint density at radius 2 is 2.14 bits per heavy atom. The van der Waals surface area contributed by atoms with Gasteiger partial charge in [-0.2, -0.15) is 0 Å². The lowest BCUT2D eigenvalue weighted by Gasteiger charge is -2.45. The third-order valence-corrected chi connectivity index (χ3v) is 4.59. The molecule has 2 heterocycles. The van der Waals surface area contributed by atoms with Crippen LogP contribution in [0.1, 0.15) is 37.9 Å². The van der Waals surface area contributed by atoms with Crippen LogP contribution in [0.4, 0.5) is 0 Å². The minimum absolute atomic E-state index is 0.555. The van der Waals surface area contributed by atoms with E-state index >= 15 is 0 Å². The third kappa shape index (κ3) is 3.79. The molecule has 0 unspecified atom stereocenters. The summed E-state index contributed by atoms with van der Waals surface area (Å²) in [6.07, 6.45) is 8.33. The molecule has 21 heavy (non-hydrogen) atoms. The molecule has 0 aromatic carbocycles. The smallest absolute Gasteiger partial charge is 0.191 e. The molecule has 5 nitrogen and oxygen atoms in total. The molecule has 1 saturated heterocycles. The summed E-state index contributed by atoms with van der Waals surface area (Å²) in [7, 11) is 1.82. The van der Waals surface area contributed by atoms with Crippen molar-refractivity contribution in [2.24, 2.45) is 4.99 Å². The molecular formula is C16H26N4O. The van der Waals surface area contributed by atoms with Crippen LogP contribution in [0.15, 0.2) is 27.8 Å². The number of hydrogen-bond donors (Lipinski definition) is 2. The zero-order chi connectivity index (χ0) is 14.5. The van der Waals surface area contributed by atoms with Gasteiger partial charge in [0.2, 0.25) is 0 Å². The van der Waals surface area contributed by atoms with Gasteiger partial charge in [0.1, 0.15) is 5.76 Å². The zero-order valence-corrected chi connectivity index (χ0v) is 12.8. The van der Waals surface area contributed by atoms with Crippen LogP contribution in [0.5, 0.6) is 0 Å². The normalized spacial score (nSPS) is 27.2. The largest absolute Gasteiger partial charge is 0.467 e. The Morgan fingerprint density at radius 1 is 1.33 bits per heavy atom. The van der Waals surface area contributed by atoms with E-state index in [1.807, 2.05) is 19.2 Å². The number of rotatable bonds is 4. The van der Waals surface area contributed by atoms with Gasteiger partial charge in [-0.3, -0.25) is 4.99 Å². The second kappa shape index (κ2) is 6.98. The molecule has 2 fully saturated rings. The van der Waals surface area contributed by atoms with Crippen molar-refractivity contribution in [3.63, 3.8) is 0 Å². The van der Waals surface area contributed by atoms with Crippen molar-refractivity contribution in [1.29, 1.82) is 0 Å². The summed E-state index contributed by atoms with van der Waals surface area (Å²) in [5.41, 5.74) is 0. The molecule has 1 aliphatic heterocycles. The van der Waals surface area contributed by atoms with E-state index < -0.39 is 0 Å². The van der Waals surface area contributed by atoms with E-state index in [0.717, 1.165) is 17.8 Å². The molecule has 1 saturated carbocycles. The lowest BCUT2D eigenvalue weighted by Crippen LogP contribution is -2.56. The molecule has 1 aliphatic carbocycles. The molecule has 3 rings (SSSR count). The first kappa shape index (κ1) is 14.4. The van der Waals surface area contributed by atoms with E-state index in [1.165, 1.54) is 45.2 Å². The van der Waals surface area contributed by atoms with Crippen LogP contribution in [-0.4, -0.2) is 43.1 Å². The number of nitrogens with zero attached hydrogens (tertiary/aromatic N) is 2. The van der Waals surface area contributed by atoms with Crippen LogP contribution >= 0.6 is 0 Å². The molecular weight excluding hydrogens is 264 g/mol. The maximum Gasteiger partial charge on any atom is 0.191 e. The molecule has 2 aliphatic rings. The van der Waals surface area contributed by atoms with Gasteiger partial charge in [-0.25, -0.2) is 0 Å². The summed E-state index contributed by atoms with van der Waals surface area (Å²) in [6.45, 7) is 3.26. The fourth-order valence-corrected chi connectivity index (χ4v) is 3.26. The molecule has 0 bridgehead atoms. The van der Waals surface area contributed by atoms with Crippen molar-refractivity contribution in [3.05, 3.63) is 24.2 Å². The summed E-state index contributed by atoms with van der Waals surface area (Å²) >= 11 is 0. The highest BCUT2D eigenvalue weighted by molar-refractivity contribution is 5.80. The summed E-state index contributed by atoms with van der Waals surface area (Å²) in [5.74, 6) is 1.80. The Labute approximate surface area is 126 Å². The van der Waals surface area contributed by atoms with E-state index in [1.54, 1.807) is 6.26 Å². The van der Waals surface area contributed by atoms with Gasteiger partial charge in [0.05, 0.1) is 12.8 Å². The average Bonchev–Trinajstić information content (AvgIpc) is 2.99. The quantitative estimate of drug-likeness (QED) is 0.657. The second-order valence-corrected chi connectivity index (χ2v) is 6.07. The molecule has 116 valence electrons. The average molecular weight is 290 g/mol. The summed E-state index contributed by atoms with van der Waals surface area (Å²) in [5, 5.41) is 6.80. The first-order chi connectivity index (χ1) is 10.3. The topological polar surface area (TPSA) is 52.8 Å². The standard InChI is InChI=1S/C16H26N4O/c1-17-16(18-12-15-6-5-9-21-15)19-13-10-14(11-13)20-7-3-2-4-8-20/h5-6,9,13-14H,2-4,7-8,10-12H2,1H3,(H2,17,18,19). The summed E-state index contributed by atoms with van der Waals surface area (Å²) in [6, 6.07) is 5.21. The maximum absolute atomic E-state index is 5.32. The van der Waals surface area contributed by atoms with Crippen molar-refractivity contribution in [1.82, 2.24) is 15.5 Å². The Balaban J connectivity index is 1.38.